The predicted octanol–water partition coefficient (Wildman–Crippen LogP) is 3.71. The molecule has 0 N–H and O–H groups in total. The Hall–Kier alpha value is -3.12. The summed E-state index contributed by atoms with van der Waals surface area (Å²) in [5, 5.41) is 1.24. The maximum atomic E-state index is 13.5. The minimum atomic E-state index is -0.445. The zero-order chi connectivity index (χ0) is 17.1. The third-order valence-electron chi connectivity index (χ3n) is 4.27. The van der Waals surface area contributed by atoms with Crippen LogP contribution in [0.1, 0.15) is 0 Å². The highest BCUT2D eigenvalue weighted by Crippen LogP contribution is 2.27. The van der Waals surface area contributed by atoms with Gasteiger partial charge in [-0.1, -0.05) is 6.07 Å². The third kappa shape index (κ3) is 2.01. The summed E-state index contributed by atoms with van der Waals surface area (Å²) in [5.41, 5.74) is 0.549. The van der Waals surface area contributed by atoms with Gasteiger partial charge in [0.2, 0.25) is 0 Å². The van der Waals surface area contributed by atoms with Crippen LogP contribution in [0, 0.1) is 5.82 Å². The van der Waals surface area contributed by atoms with Gasteiger partial charge in [0.1, 0.15) is 11.5 Å². The third-order valence-corrected chi connectivity index (χ3v) is 5.40. The van der Waals surface area contributed by atoms with Crippen LogP contribution in [-0.2, 0) is 0 Å². The lowest BCUT2D eigenvalue weighted by atomic mass is 10.1. The molecule has 0 saturated carbocycles. The summed E-state index contributed by atoms with van der Waals surface area (Å²) in [7, 11) is 0. The van der Waals surface area contributed by atoms with Crippen molar-refractivity contribution < 1.29 is 4.39 Å². The van der Waals surface area contributed by atoms with Crippen LogP contribution in [0.15, 0.2) is 64.3 Å². The molecule has 0 fully saturated rings. The zero-order valence-corrected chi connectivity index (χ0v) is 13.5. The topological polar surface area (TPSA) is 51.4 Å². The van der Waals surface area contributed by atoms with E-state index in [0.717, 1.165) is 0 Å². The molecule has 6 heteroatoms. The fourth-order valence-electron chi connectivity index (χ4n) is 3.08. The second-order valence-electron chi connectivity index (χ2n) is 5.78. The monoisotopic (exact) mass is 348 g/mol. The Bertz CT molecular complexity index is 1450. The first-order valence-electron chi connectivity index (χ1n) is 7.59. The van der Waals surface area contributed by atoms with E-state index < -0.39 is 5.82 Å². The summed E-state index contributed by atoms with van der Waals surface area (Å²) in [5.74, 6) is -0.445. The van der Waals surface area contributed by atoms with E-state index in [0.29, 0.717) is 36.7 Å². The molecule has 3 heterocycles. The lowest BCUT2D eigenvalue weighted by molar-refractivity contribution is 0.630. The van der Waals surface area contributed by atoms with Crippen molar-refractivity contribution in [1.82, 2.24) is 9.38 Å². The zero-order valence-electron chi connectivity index (χ0n) is 12.7. The minimum Gasteiger partial charge on any atom is -0.288 e. The van der Waals surface area contributed by atoms with Crippen LogP contribution in [0.25, 0.3) is 36.7 Å². The second kappa shape index (κ2) is 4.94. The van der Waals surface area contributed by atoms with Gasteiger partial charge in [0.05, 0.1) is 10.9 Å². The highest BCUT2D eigenvalue weighted by atomic mass is 32.1. The van der Waals surface area contributed by atoms with E-state index in [-0.39, 0.29) is 11.0 Å². The Morgan fingerprint density at radius 2 is 1.76 bits per heavy atom. The molecule has 25 heavy (non-hydrogen) atoms. The minimum absolute atomic E-state index is 0.179. The molecule has 0 amide bonds. The van der Waals surface area contributed by atoms with Crippen molar-refractivity contribution >= 4 is 48.1 Å². The van der Waals surface area contributed by atoms with Gasteiger partial charge in [0.25, 0.3) is 5.56 Å². The van der Waals surface area contributed by atoms with E-state index in [1.165, 1.54) is 27.9 Å². The second-order valence-corrected chi connectivity index (χ2v) is 6.87. The van der Waals surface area contributed by atoms with E-state index in [4.69, 9.17) is 0 Å². The number of fused-ring (bicyclic) bond motifs is 4. The van der Waals surface area contributed by atoms with Gasteiger partial charge >= 0.3 is 0 Å². The molecule has 4 nitrogen and oxygen atoms in total. The van der Waals surface area contributed by atoms with E-state index in [9.17, 15) is 14.0 Å². The summed E-state index contributed by atoms with van der Waals surface area (Å²) >= 11 is 1.36. The summed E-state index contributed by atoms with van der Waals surface area (Å²) in [6.45, 7) is 0. The first kappa shape index (κ1) is 14.2. The quantitative estimate of drug-likeness (QED) is 0.401. The maximum Gasteiger partial charge on any atom is 0.265 e. The largest absolute Gasteiger partial charge is 0.288 e. The van der Waals surface area contributed by atoms with Gasteiger partial charge in [0, 0.05) is 26.4 Å². The Kier molecular flexibility index (Phi) is 2.81. The van der Waals surface area contributed by atoms with Gasteiger partial charge < -0.3 is 0 Å². The van der Waals surface area contributed by atoms with Crippen LogP contribution in [0.4, 0.5) is 4.39 Å². The summed E-state index contributed by atoms with van der Waals surface area (Å²) in [6.07, 6.45) is 1.67. The summed E-state index contributed by atoms with van der Waals surface area (Å²) in [6, 6.07) is 12.8. The van der Waals surface area contributed by atoms with Crippen molar-refractivity contribution in [3.63, 3.8) is 0 Å². The van der Waals surface area contributed by atoms with Gasteiger partial charge in [-0.15, -0.1) is 11.3 Å². The number of rotatable bonds is 0. The van der Waals surface area contributed by atoms with Crippen molar-refractivity contribution in [3.8, 4) is 0 Å². The van der Waals surface area contributed by atoms with Gasteiger partial charge in [-0.2, -0.15) is 0 Å². The van der Waals surface area contributed by atoms with Crippen molar-refractivity contribution in [2.75, 3.05) is 0 Å². The molecule has 0 aliphatic carbocycles. The average Bonchev–Trinajstić information content (AvgIpc) is 2.62. The van der Waals surface area contributed by atoms with Crippen LogP contribution in [0.5, 0.6) is 0 Å². The fourth-order valence-corrected chi connectivity index (χ4v) is 4.15. The SMILES string of the molecule is O=c1c2cc(F)ccc2sc2cc3c(=O)n4ccccc4nc3cc12. The number of halogens is 1. The summed E-state index contributed by atoms with van der Waals surface area (Å²) < 4.78 is 16.4. The smallest absolute Gasteiger partial charge is 0.265 e. The molecule has 2 aromatic carbocycles. The molecule has 0 unspecified atom stereocenters. The van der Waals surface area contributed by atoms with Crippen molar-refractivity contribution in [1.29, 1.82) is 0 Å². The van der Waals surface area contributed by atoms with Crippen LogP contribution in [0.3, 0.4) is 0 Å². The molecule has 0 bridgehead atoms. The van der Waals surface area contributed by atoms with Crippen molar-refractivity contribution in [2.45, 2.75) is 0 Å². The molecule has 0 spiro atoms. The van der Waals surface area contributed by atoms with E-state index >= 15 is 0 Å². The lowest BCUT2D eigenvalue weighted by Crippen LogP contribution is -2.15. The molecular formula is C19H9FN2O2S. The number of aromatic nitrogens is 2. The van der Waals surface area contributed by atoms with Crippen LogP contribution < -0.4 is 11.0 Å². The number of pyridine rings is 1. The first-order chi connectivity index (χ1) is 12.1. The molecule has 5 rings (SSSR count). The normalized spacial score (nSPS) is 11.7. The van der Waals surface area contributed by atoms with Gasteiger partial charge in [0.15, 0.2) is 5.43 Å². The maximum absolute atomic E-state index is 13.5. The predicted molar refractivity (Wildman–Crippen MR) is 98.1 cm³/mol. The van der Waals surface area contributed by atoms with Crippen LogP contribution in [-0.4, -0.2) is 9.38 Å². The first-order valence-corrected chi connectivity index (χ1v) is 8.41. The Morgan fingerprint density at radius 3 is 2.64 bits per heavy atom. The van der Waals surface area contributed by atoms with Crippen molar-refractivity contribution in [2.24, 2.45) is 0 Å². The molecule has 0 saturated heterocycles. The summed E-state index contributed by atoms with van der Waals surface area (Å²) in [4.78, 5) is 30.0. The van der Waals surface area contributed by atoms with Gasteiger partial charge in [-0.3, -0.25) is 14.0 Å². The van der Waals surface area contributed by atoms with Crippen molar-refractivity contribution in [3.05, 3.63) is 81.1 Å². The molecule has 0 aliphatic heterocycles. The van der Waals surface area contributed by atoms with E-state index in [1.54, 1.807) is 42.6 Å². The Balaban J connectivity index is 2.02. The number of nitrogens with zero attached hydrogens (tertiary/aromatic N) is 2. The lowest BCUT2D eigenvalue weighted by Gasteiger charge is -2.05. The number of hydrogen-bond acceptors (Lipinski definition) is 4. The molecule has 5 aromatic rings. The number of benzene rings is 2. The number of hydrogen-bond donors (Lipinski definition) is 0. The molecule has 0 atom stereocenters. The Labute approximate surface area is 143 Å². The fraction of sp³-hybridized carbons (Fsp3) is 0. The van der Waals surface area contributed by atoms with E-state index in [2.05, 4.69) is 4.98 Å². The standard InChI is InChI=1S/C19H9FN2O2S/c20-10-4-5-15-12(7-10)18(23)13-8-14-11(9-16(13)25-15)19(24)22-6-2-1-3-17(22)21-14/h1-9H. The highest BCUT2D eigenvalue weighted by Gasteiger charge is 2.12. The van der Waals surface area contributed by atoms with E-state index in [1.807, 2.05) is 0 Å². The molecule has 0 radical (unpaired) electrons. The average molecular weight is 348 g/mol. The van der Waals surface area contributed by atoms with Gasteiger partial charge in [-0.25, -0.2) is 9.37 Å². The molecule has 120 valence electrons. The molecule has 3 aromatic heterocycles. The van der Waals surface area contributed by atoms with Gasteiger partial charge in [-0.05, 0) is 42.5 Å². The molecule has 0 aliphatic rings. The Morgan fingerprint density at radius 1 is 0.920 bits per heavy atom. The van der Waals surface area contributed by atoms with Crippen LogP contribution in [0.2, 0.25) is 0 Å². The molecular weight excluding hydrogens is 339 g/mol. The van der Waals surface area contributed by atoms with Crippen LogP contribution >= 0.6 is 11.3 Å². The highest BCUT2D eigenvalue weighted by molar-refractivity contribution is 7.24.